The highest BCUT2D eigenvalue weighted by atomic mass is 127. The number of ether oxygens (including phenoxy) is 1. The van der Waals surface area contributed by atoms with Crippen LogP contribution in [-0.4, -0.2) is 57.2 Å². The van der Waals surface area contributed by atoms with Gasteiger partial charge in [-0.25, -0.2) is 0 Å². The Morgan fingerprint density at radius 1 is 1.19 bits per heavy atom. The zero-order valence-electron chi connectivity index (χ0n) is 16.5. The highest BCUT2D eigenvalue weighted by Crippen LogP contribution is 2.16. The molecule has 0 bridgehead atoms. The van der Waals surface area contributed by atoms with Crippen LogP contribution < -0.4 is 15.4 Å². The molecule has 0 aromatic heterocycles. The lowest BCUT2D eigenvalue weighted by Gasteiger charge is -2.32. The Bertz CT molecular complexity index is 513. The molecule has 0 amide bonds. The molecule has 1 aromatic rings. The topological polar surface area (TPSA) is 48.9 Å². The average molecular weight is 474 g/mol. The van der Waals surface area contributed by atoms with Crippen molar-refractivity contribution in [1.29, 1.82) is 0 Å². The van der Waals surface area contributed by atoms with Crippen molar-refractivity contribution >= 4 is 29.9 Å². The highest BCUT2D eigenvalue weighted by molar-refractivity contribution is 14.0. The molecule has 1 heterocycles. The molecule has 148 valence electrons. The van der Waals surface area contributed by atoms with Crippen molar-refractivity contribution in [1.82, 2.24) is 15.5 Å². The van der Waals surface area contributed by atoms with Gasteiger partial charge in [-0.05, 0) is 63.9 Å². The monoisotopic (exact) mass is 474 g/mol. The molecule has 0 unspecified atom stereocenters. The lowest BCUT2D eigenvalue weighted by Crippen LogP contribution is -2.43. The SMILES string of the molecule is CCCN1CCC(CNC(=NC)NCCOc2ccc(C)cc2)CC1.I. The number of aliphatic imine (C=N–C) groups is 1. The second-order valence-corrected chi connectivity index (χ2v) is 6.83. The standard InChI is InChI=1S/C20H34N4O.HI/c1-4-12-24-13-9-18(10-14-24)16-23-20(21-3)22-11-15-25-19-7-5-17(2)6-8-19;/h5-8,18H,4,9-16H2,1-3H3,(H2,21,22,23);1H. The quantitative estimate of drug-likeness (QED) is 0.263. The largest absolute Gasteiger partial charge is 0.492 e. The number of likely N-dealkylation sites (tertiary alicyclic amines) is 1. The van der Waals surface area contributed by atoms with Crippen LogP contribution in [0, 0.1) is 12.8 Å². The Labute approximate surface area is 176 Å². The molecule has 2 rings (SSSR count). The summed E-state index contributed by atoms with van der Waals surface area (Å²) in [4.78, 5) is 6.88. The van der Waals surface area contributed by atoms with Gasteiger partial charge in [-0.15, -0.1) is 24.0 Å². The van der Waals surface area contributed by atoms with Crippen LogP contribution in [0.15, 0.2) is 29.3 Å². The van der Waals surface area contributed by atoms with Gasteiger partial charge in [0.05, 0.1) is 6.54 Å². The number of hydrogen-bond donors (Lipinski definition) is 2. The third-order valence-corrected chi connectivity index (χ3v) is 4.71. The van der Waals surface area contributed by atoms with Gasteiger partial charge in [-0.1, -0.05) is 24.6 Å². The minimum absolute atomic E-state index is 0. The predicted molar refractivity (Wildman–Crippen MR) is 121 cm³/mol. The van der Waals surface area contributed by atoms with Crippen LogP contribution in [0.4, 0.5) is 0 Å². The number of rotatable bonds is 8. The van der Waals surface area contributed by atoms with E-state index < -0.39 is 0 Å². The number of benzene rings is 1. The van der Waals surface area contributed by atoms with Gasteiger partial charge in [0.1, 0.15) is 12.4 Å². The van der Waals surface area contributed by atoms with E-state index in [9.17, 15) is 0 Å². The molecule has 0 spiro atoms. The van der Waals surface area contributed by atoms with Crippen LogP contribution >= 0.6 is 24.0 Å². The van der Waals surface area contributed by atoms with Crippen LogP contribution in [-0.2, 0) is 0 Å². The normalized spacial score (nSPS) is 16.0. The summed E-state index contributed by atoms with van der Waals surface area (Å²) < 4.78 is 5.73. The summed E-state index contributed by atoms with van der Waals surface area (Å²) in [6.07, 6.45) is 3.81. The van der Waals surface area contributed by atoms with Gasteiger partial charge in [0.15, 0.2) is 5.96 Å². The summed E-state index contributed by atoms with van der Waals surface area (Å²) in [7, 11) is 1.82. The van der Waals surface area contributed by atoms with Crippen LogP contribution in [0.1, 0.15) is 31.7 Å². The number of hydrogen-bond acceptors (Lipinski definition) is 3. The van der Waals surface area contributed by atoms with E-state index in [0.717, 1.165) is 30.7 Å². The highest BCUT2D eigenvalue weighted by Gasteiger charge is 2.18. The number of nitrogens with zero attached hydrogens (tertiary/aromatic N) is 2. The van der Waals surface area contributed by atoms with E-state index in [1.807, 2.05) is 19.2 Å². The number of nitrogens with one attached hydrogen (secondary N) is 2. The molecule has 0 saturated carbocycles. The zero-order valence-corrected chi connectivity index (χ0v) is 18.8. The third kappa shape index (κ3) is 8.58. The minimum atomic E-state index is 0. The van der Waals surface area contributed by atoms with E-state index in [2.05, 4.69) is 46.5 Å². The fraction of sp³-hybridized carbons (Fsp3) is 0.650. The summed E-state index contributed by atoms with van der Waals surface area (Å²) >= 11 is 0. The van der Waals surface area contributed by atoms with E-state index in [1.165, 1.54) is 44.5 Å². The lowest BCUT2D eigenvalue weighted by molar-refractivity contribution is 0.185. The molecule has 0 aliphatic carbocycles. The van der Waals surface area contributed by atoms with Crippen molar-refractivity contribution < 1.29 is 4.74 Å². The van der Waals surface area contributed by atoms with Crippen LogP contribution in [0.5, 0.6) is 5.75 Å². The maximum atomic E-state index is 5.73. The molecule has 1 saturated heterocycles. The van der Waals surface area contributed by atoms with Crippen LogP contribution in [0.3, 0.4) is 0 Å². The Morgan fingerprint density at radius 2 is 1.88 bits per heavy atom. The van der Waals surface area contributed by atoms with E-state index >= 15 is 0 Å². The summed E-state index contributed by atoms with van der Waals surface area (Å²) in [5, 5.41) is 6.78. The Kier molecular flexibility index (Phi) is 11.7. The smallest absolute Gasteiger partial charge is 0.191 e. The first-order valence-electron chi connectivity index (χ1n) is 9.57. The lowest BCUT2D eigenvalue weighted by atomic mass is 9.97. The molecule has 0 radical (unpaired) electrons. The van der Waals surface area contributed by atoms with Crippen molar-refractivity contribution in [3.05, 3.63) is 29.8 Å². The van der Waals surface area contributed by atoms with Crippen molar-refractivity contribution in [2.75, 3.05) is 46.4 Å². The first kappa shape index (κ1) is 23.0. The molecule has 1 aliphatic heterocycles. The predicted octanol–water partition coefficient (Wildman–Crippen LogP) is 3.28. The summed E-state index contributed by atoms with van der Waals surface area (Å²) in [6.45, 7) is 10.4. The van der Waals surface area contributed by atoms with Crippen LogP contribution in [0.25, 0.3) is 0 Å². The zero-order chi connectivity index (χ0) is 17.9. The first-order chi connectivity index (χ1) is 12.2. The third-order valence-electron chi connectivity index (χ3n) is 4.71. The molecule has 6 heteroatoms. The molecule has 0 atom stereocenters. The van der Waals surface area contributed by atoms with E-state index in [-0.39, 0.29) is 24.0 Å². The minimum Gasteiger partial charge on any atom is -0.492 e. The molecule has 26 heavy (non-hydrogen) atoms. The van der Waals surface area contributed by atoms with Crippen molar-refractivity contribution in [3.63, 3.8) is 0 Å². The maximum absolute atomic E-state index is 5.73. The van der Waals surface area contributed by atoms with Crippen LogP contribution in [0.2, 0.25) is 0 Å². The number of guanidine groups is 1. The first-order valence-corrected chi connectivity index (χ1v) is 9.57. The number of halogens is 1. The molecular weight excluding hydrogens is 439 g/mol. The van der Waals surface area contributed by atoms with E-state index in [4.69, 9.17) is 4.74 Å². The second kappa shape index (κ2) is 13.2. The fourth-order valence-corrected chi connectivity index (χ4v) is 3.16. The van der Waals surface area contributed by atoms with Crippen molar-refractivity contribution in [2.24, 2.45) is 10.9 Å². The number of aryl methyl sites for hydroxylation is 1. The van der Waals surface area contributed by atoms with Gasteiger partial charge >= 0.3 is 0 Å². The Morgan fingerprint density at radius 3 is 2.50 bits per heavy atom. The van der Waals surface area contributed by atoms with Gasteiger partial charge in [0.25, 0.3) is 0 Å². The van der Waals surface area contributed by atoms with Crippen molar-refractivity contribution in [3.8, 4) is 5.75 Å². The Hall–Kier alpha value is -1.02. The Balaban J connectivity index is 0.00000338. The second-order valence-electron chi connectivity index (χ2n) is 6.83. The molecule has 5 nitrogen and oxygen atoms in total. The van der Waals surface area contributed by atoms with Gasteiger partial charge in [0.2, 0.25) is 0 Å². The number of piperidine rings is 1. The van der Waals surface area contributed by atoms with Gasteiger partial charge in [-0.2, -0.15) is 0 Å². The maximum Gasteiger partial charge on any atom is 0.191 e. The van der Waals surface area contributed by atoms with Gasteiger partial charge in [0, 0.05) is 13.6 Å². The van der Waals surface area contributed by atoms with Gasteiger partial charge < -0.3 is 20.3 Å². The van der Waals surface area contributed by atoms with E-state index in [1.54, 1.807) is 0 Å². The summed E-state index contributed by atoms with van der Waals surface area (Å²) in [6, 6.07) is 8.14. The van der Waals surface area contributed by atoms with E-state index in [0.29, 0.717) is 6.61 Å². The molecule has 2 N–H and O–H groups in total. The summed E-state index contributed by atoms with van der Waals surface area (Å²) in [5.74, 6) is 2.52. The molecule has 1 aromatic carbocycles. The van der Waals surface area contributed by atoms with Gasteiger partial charge in [-0.3, -0.25) is 4.99 Å². The summed E-state index contributed by atoms with van der Waals surface area (Å²) in [5.41, 5.74) is 1.25. The molecule has 1 fully saturated rings. The average Bonchev–Trinajstić information content (AvgIpc) is 2.64. The fourth-order valence-electron chi connectivity index (χ4n) is 3.16. The molecule has 1 aliphatic rings. The molecular formula is C20H35IN4O. The van der Waals surface area contributed by atoms with Crippen molar-refractivity contribution in [2.45, 2.75) is 33.1 Å².